The first-order valence-corrected chi connectivity index (χ1v) is 8.62. The molecule has 2 unspecified atom stereocenters. The Labute approximate surface area is 149 Å². The summed E-state index contributed by atoms with van der Waals surface area (Å²) in [7, 11) is 0. The molecule has 1 aromatic carbocycles. The lowest BCUT2D eigenvalue weighted by Crippen LogP contribution is -2.39. The first-order valence-electron chi connectivity index (χ1n) is 8.62. The fourth-order valence-electron chi connectivity index (χ4n) is 3.97. The van der Waals surface area contributed by atoms with Crippen molar-refractivity contribution in [1.82, 2.24) is 10.2 Å². The van der Waals surface area contributed by atoms with Crippen molar-refractivity contribution in [3.63, 3.8) is 0 Å². The predicted octanol–water partition coefficient (Wildman–Crippen LogP) is 3.37. The second-order valence-corrected chi connectivity index (χ2v) is 7.09. The van der Waals surface area contributed by atoms with Gasteiger partial charge in [-0.25, -0.2) is 0 Å². The van der Waals surface area contributed by atoms with E-state index in [4.69, 9.17) is 4.42 Å². The third-order valence-corrected chi connectivity index (χ3v) is 5.56. The van der Waals surface area contributed by atoms with Crippen molar-refractivity contribution in [3.05, 3.63) is 35.1 Å². The molecule has 2 aliphatic heterocycles. The van der Waals surface area contributed by atoms with Gasteiger partial charge in [-0.1, -0.05) is 12.1 Å². The highest BCUT2D eigenvalue weighted by Crippen LogP contribution is 2.27. The van der Waals surface area contributed by atoms with Gasteiger partial charge in [-0.2, -0.15) is 0 Å². The lowest BCUT2D eigenvalue weighted by molar-refractivity contribution is -0.130. The molecule has 2 bridgehead atoms. The zero-order chi connectivity index (χ0) is 16.0. The van der Waals surface area contributed by atoms with Gasteiger partial charge in [0.2, 0.25) is 5.91 Å². The highest BCUT2D eigenvalue weighted by Gasteiger charge is 2.31. The minimum atomic E-state index is 0. The maximum atomic E-state index is 12.7. The Hall–Kier alpha value is -1.52. The highest BCUT2D eigenvalue weighted by atomic mass is 35.5. The van der Waals surface area contributed by atoms with E-state index in [-0.39, 0.29) is 18.3 Å². The van der Waals surface area contributed by atoms with Crippen LogP contribution in [0.3, 0.4) is 0 Å². The number of nitrogens with zero attached hydrogens (tertiary/aromatic N) is 1. The van der Waals surface area contributed by atoms with E-state index >= 15 is 0 Å². The molecule has 2 atom stereocenters. The third-order valence-electron chi connectivity index (χ3n) is 5.56. The lowest BCUT2D eigenvalue weighted by Gasteiger charge is -2.24. The van der Waals surface area contributed by atoms with Crippen molar-refractivity contribution in [2.75, 3.05) is 13.1 Å². The number of hydrogen-bond donors (Lipinski definition) is 1. The van der Waals surface area contributed by atoms with Crippen LogP contribution in [0.25, 0.3) is 11.0 Å². The van der Waals surface area contributed by atoms with Crippen LogP contribution >= 0.6 is 12.4 Å². The maximum absolute atomic E-state index is 12.7. The van der Waals surface area contributed by atoms with Gasteiger partial charge in [0, 0.05) is 36.1 Å². The summed E-state index contributed by atoms with van der Waals surface area (Å²) in [4.78, 5) is 14.8. The molecule has 3 heterocycles. The summed E-state index contributed by atoms with van der Waals surface area (Å²) in [5.41, 5.74) is 4.32. The number of rotatable bonds is 2. The number of furan rings is 1. The minimum Gasteiger partial charge on any atom is -0.464 e. The molecule has 0 aliphatic carbocycles. The monoisotopic (exact) mass is 348 g/mol. The van der Waals surface area contributed by atoms with Gasteiger partial charge < -0.3 is 14.6 Å². The molecule has 24 heavy (non-hydrogen) atoms. The first kappa shape index (κ1) is 17.3. The molecule has 2 aliphatic rings. The van der Waals surface area contributed by atoms with Crippen LogP contribution in [0, 0.1) is 13.8 Å². The Bertz CT molecular complexity index is 755. The van der Waals surface area contributed by atoms with Crippen LogP contribution in [0.4, 0.5) is 0 Å². The van der Waals surface area contributed by atoms with E-state index in [0.29, 0.717) is 18.5 Å². The largest absolute Gasteiger partial charge is 0.464 e. The van der Waals surface area contributed by atoms with E-state index in [1.165, 1.54) is 18.4 Å². The second kappa shape index (κ2) is 6.77. The number of halogens is 1. The molecule has 1 aromatic heterocycles. The number of aryl methyl sites for hydroxylation is 2. The zero-order valence-corrected chi connectivity index (χ0v) is 15.1. The summed E-state index contributed by atoms with van der Waals surface area (Å²) in [6.45, 7) is 5.88. The van der Waals surface area contributed by atoms with Crippen LogP contribution in [0.5, 0.6) is 0 Å². The van der Waals surface area contributed by atoms with Gasteiger partial charge in [0.05, 0.1) is 12.7 Å². The molecule has 5 heteroatoms. The van der Waals surface area contributed by atoms with E-state index in [0.717, 1.165) is 41.6 Å². The Morgan fingerprint density at radius 2 is 2.04 bits per heavy atom. The van der Waals surface area contributed by atoms with Crippen LogP contribution in [-0.4, -0.2) is 36.0 Å². The molecule has 0 spiro atoms. The summed E-state index contributed by atoms with van der Waals surface area (Å²) in [6, 6.07) is 5.28. The van der Waals surface area contributed by atoms with Crippen LogP contribution in [0.1, 0.15) is 36.0 Å². The Balaban J connectivity index is 0.00000169. The molecule has 4 rings (SSSR count). The first-order chi connectivity index (χ1) is 11.1. The van der Waals surface area contributed by atoms with Crippen LogP contribution < -0.4 is 5.32 Å². The van der Waals surface area contributed by atoms with Crippen molar-refractivity contribution in [1.29, 1.82) is 0 Å². The van der Waals surface area contributed by atoms with Crippen molar-refractivity contribution in [2.45, 2.75) is 51.6 Å². The number of nitrogens with one attached hydrogen (secondary N) is 1. The van der Waals surface area contributed by atoms with Crippen LogP contribution in [-0.2, 0) is 11.2 Å². The number of carbonyl (C=O) groups is 1. The van der Waals surface area contributed by atoms with Gasteiger partial charge >= 0.3 is 0 Å². The van der Waals surface area contributed by atoms with Gasteiger partial charge in [-0.15, -0.1) is 12.4 Å². The number of benzene rings is 1. The molecule has 2 fully saturated rings. The van der Waals surface area contributed by atoms with Crippen molar-refractivity contribution in [2.24, 2.45) is 0 Å². The van der Waals surface area contributed by atoms with Gasteiger partial charge in [-0.3, -0.25) is 4.79 Å². The van der Waals surface area contributed by atoms with Gasteiger partial charge in [-0.05, 0) is 44.2 Å². The molecule has 0 saturated carbocycles. The Morgan fingerprint density at radius 1 is 1.25 bits per heavy atom. The zero-order valence-electron chi connectivity index (χ0n) is 14.3. The molecular weight excluding hydrogens is 324 g/mol. The van der Waals surface area contributed by atoms with E-state index < -0.39 is 0 Å². The topological polar surface area (TPSA) is 45.5 Å². The number of hydrogen-bond acceptors (Lipinski definition) is 3. The highest BCUT2D eigenvalue weighted by molar-refractivity contribution is 5.89. The van der Waals surface area contributed by atoms with Gasteiger partial charge in [0.15, 0.2) is 0 Å². The number of likely N-dealkylation sites (tertiary alicyclic amines) is 1. The second-order valence-electron chi connectivity index (χ2n) is 7.09. The van der Waals surface area contributed by atoms with Crippen molar-refractivity contribution in [3.8, 4) is 0 Å². The summed E-state index contributed by atoms with van der Waals surface area (Å²) in [5.74, 6) is 0.222. The molecule has 2 saturated heterocycles. The molecule has 1 N–H and O–H groups in total. The van der Waals surface area contributed by atoms with Crippen molar-refractivity contribution >= 4 is 29.3 Å². The molecule has 4 nitrogen and oxygen atoms in total. The van der Waals surface area contributed by atoms with E-state index in [1.807, 2.05) is 4.90 Å². The molecule has 1 amide bonds. The molecule has 2 aromatic rings. The normalized spacial score (nSPS) is 23.2. The fourth-order valence-corrected chi connectivity index (χ4v) is 3.97. The SMILES string of the molecule is Cc1ccc2c(CC(=O)N3CCC4CCC(C3)N4)coc2c1C.Cl. The molecule has 130 valence electrons. The van der Waals surface area contributed by atoms with Crippen molar-refractivity contribution < 1.29 is 9.21 Å². The molecule has 0 radical (unpaired) electrons. The fraction of sp³-hybridized carbons (Fsp3) is 0.526. The van der Waals surface area contributed by atoms with Gasteiger partial charge in [0.25, 0.3) is 0 Å². The quantitative estimate of drug-likeness (QED) is 0.905. The number of carbonyl (C=O) groups excluding carboxylic acids is 1. The van der Waals surface area contributed by atoms with Crippen LogP contribution in [0.2, 0.25) is 0 Å². The minimum absolute atomic E-state index is 0. The predicted molar refractivity (Wildman–Crippen MR) is 97.8 cm³/mol. The summed E-state index contributed by atoms with van der Waals surface area (Å²) >= 11 is 0. The average molecular weight is 349 g/mol. The average Bonchev–Trinajstić information content (AvgIpc) is 3.07. The van der Waals surface area contributed by atoms with E-state index in [9.17, 15) is 4.79 Å². The summed E-state index contributed by atoms with van der Waals surface area (Å²) < 4.78 is 5.74. The Morgan fingerprint density at radius 3 is 2.88 bits per heavy atom. The number of fused-ring (bicyclic) bond motifs is 3. The number of amides is 1. The standard InChI is InChI=1S/C19H24N2O2.ClH/c1-12-3-6-17-14(11-23-19(17)13(12)2)9-18(22)21-8-7-15-4-5-16(10-21)20-15;/h3,6,11,15-16,20H,4-5,7-10H2,1-2H3;1H. The maximum Gasteiger partial charge on any atom is 0.227 e. The van der Waals surface area contributed by atoms with Gasteiger partial charge in [0.1, 0.15) is 5.58 Å². The molecular formula is C19H25ClN2O2. The van der Waals surface area contributed by atoms with E-state index in [2.05, 4.69) is 31.3 Å². The lowest BCUT2D eigenvalue weighted by atomic mass is 10.0. The Kier molecular flexibility index (Phi) is 4.88. The smallest absolute Gasteiger partial charge is 0.227 e. The summed E-state index contributed by atoms with van der Waals surface area (Å²) in [5, 5.41) is 4.71. The van der Waals surface area contributed by atoms with E-state index in [1.54, 1.807) is 6.26 Å². The van der Waals surface area contributed by atoms with Crippen LogP contribution in [0.15, 0.2) is 22.8 Å². The summed E-state index contributed by atoms with van der Waals surface area (Å²) in [6.07, 6.45) is 5.73. The third kappa shape index (κ3) is 3.05.